The lowest BCUT2D eigenvalue weighted by Gasteiger charge is -2.45. The van der Waals surface area contributed by atoms with Crippen LogP contribution in [0.1, 0.15) is 29.6 Å². The summed E-state index contributed by atoms with van der Waals surface area (Å²) in [6, 6.07) is 7.45. The molecule has 2 atom stereocenters. The second kappa shape index (κ2) is 4.05. The Morgan fingerprint density at radius 2 is 2.22 bits per heavy atom. The zero-order valence-corrected chi connectivity index (χ0v) is 10.2. The van der Waals surface area contributed by atoms with Gasteiger partial charge in [0.25, 0.3) is 0 Å². The van der Waals surface area contributed by atoms with Crippen molar-refractivity contribution in [3.8, 4) is 0 Å². The maximum Gasteiger partial charge on any atom is 0.167 e. The van der Waals surface area contributed by atoms with Crippen molar-refractivity contribution in [3.63, 3.8) is 0 Å². The quantitative estimate of drug-likeness (QED) is 0.715. The molecule has 1 radical (unpaired) electrons. The normalized spacial score (nSPS) is 32.1. The van der Waals surface area contributed by atoms with Crippen LogP contribution in [0.4, 0.5) is 10.1 Å². The van der Waals surface area contributed by atoms with E-state index in [1.165, 1.54) is 4.90 Å². The summed E-state index contributed by atoms with van der Waals surface area (Å²) < 4.78 is 13.8. The average Bonchev–Trinajstić information content (AvgIpc) is 2.35. The minimum Gasteiger partial charge on any atom is -0.378 e. The molecule has 0 aromatic heterocycles. The summed E-state index contributed by atoms with van der Waals surface area (Å²) in [6.45, 7) is 0.573. The number of para-hydroxylation sites is 1. The van der Waals surface area contributed by atoms with Gasteiger partial charge in [0, 0.05) is 43.2 Å². The minimum absolute atomic E-state index is 0.106. The van der Waals surface area contributed by atoms with Crippen LogP contribution >= 0.6 is 0 Å². The second-order valence-electron chi connectivity index (χ2n) is 5.25. The Morgan fingerprint density at radius 3 is 3.00 bits per heavy atom. The Morgan fingerprint density at radius 1 is 1.44 bits per heavy atom. The van der Waals surface area contributed by atoms with E-state index in [4.69, 9.17) is 0 Å². The summed E-state index contributed by atoms with van der Waals surface area (Å²) in [4.78, 5) is 13.6. The number of Topliss-reactive ketones (excluding diaryl/α,β-unsaturated/α-hetero) is 1. The monoisotopic (exact) mass is 247 g/mol. The molecule has 2 heterocycles. The third-order valence-electron chi connectivity index (χ3n) is 3.96. The summed E-state index contributed by atoms with van der Waals surface area (Å²) in [6.07, 6.45) is 0.357. The molecular weight excluding hydrogens is 231 g/mol. The summed E-state index contributed by atoms with van der Waals surface area (Å²) in [5.74, 6) is 0.106. The van der Waals surface area contributed by atoms with Crippen molar-refractivity contribution in [2.75, 3.05) is 11.9 Å². The van der Waals surface area contributed by atoms with Crippen molar-refractivity contribution in [1.82, 2.24) is 4.90 Å². The Balaban J connectivity index is 1.92. The van der Waals surface area contributed by atoms with E-state index in [-0.39, 0.29) is 5.78 Å². The fraction of sp³-hybridized carbons (Fsp3) is 0.429. The van der Waals surface area contributed by atoms with Crippen molar-refractivity contribution in [2.45, 2.75) is 31.1 Å². The van der Waals surface area contributed by atoms with E-state index >= 15 is 0 Å². The van der Waals surface area contributed by atoms with Gasteiger partial charge >= 0.3 is 0 Å². The number of rotatable bonds is 0. The second-order valence-corrected chi connectivity index (χ2v) is 5.25. The molecule has 1 fully saturated rings. The molecule has 1 aromatic carbocycles. The summed E-state index contributed by atoms with van der Waals surface area (Å²) in [7, 11) is 3.67. The number of hydrogen-bond donors (Lipinski definition) is 1. The summed E-state index contributed by atoms with van der Waals surface area (Å²) >= 11 is 0. The number of alkyl halides is 1. The molecule has 95 valence electrons. The van der Waals surface area contributed by atoms with Gasteiger partial charge in [-0.05, 0) is 18.6 Å². The number of piperidine rings is 1. The van der Waals surface area contributed by atoms with Gasteiger partial charge in [0.05, 0.1) is 0 Å². The third-order valence-corrected chi connectivity index (χ3v) is 3.96. The molecule has 1 aromatic rings. The van der Waals surface area contributed by atoms with Crippen molar-refractivity contribution >= 4 is 11.5 Å². The van der Waals surface area contributed by atoms with Crippen LogP contribution in [0.3, 0.4) is 0 Å². The number of benzene rings is 1. The zero-order valence-electron chi connectivity index (χ0n) is 10.2. The Kier molecular flexibility index (Phi) is 2.63. The number of likely N-dealkylation sites (tertiary alicyclic amines) is 1. The third kappa shape index (κ3) is 1.81. The highest BCUT2D eigenvalue weighted by Gasteiger charge is 2.43. The first-order valence-corrected chi connectivity index (χ1v) is 6.21. The smallest absolute Gasteiger partial charge is 0.167 e. The predicted molar refractivity (Wildman–Crippen MR) is 67.9 cm³/mol. The van der Waals surface area contributed by atoms with E-state index in [2.05, 4.69) is 12.4 Å². The van der Waals surface area contributed by atoms with Crippen molar-refractivity contribution in [3.05, 3.63) is 36.9 Å². The lowest BCUT2D eigenvalue weighted by Crippen LogP contribution is -2.53. The molecule has 3 rings (SSSR count). The van der Waals surface area contributed by atoms with Crippen LogP contribution in [0.15, 0.2) is 24.3 Å². The van der Waals surface area contributed by atoms with Crippen LogP contribution in [0.2, 0.25) is 0 Å². The topological polar surface area (TPSA) is 32.3 Å². The van der Waals surface area contributed by atoms with Crippen LogP contribution in [0.5, 0.6) is 0 Å². The van der Waals surface area contributed by atoms with E-state index in [0.29, 0.717) is 19.4 Å². The fourth-order valence-electron chi connectivity index (χ4n) is 2.89. The molecule has 2 unspecified atom stereocenters. The highest BCUT2D eigenvalue weighted by Crippen LogP contribution is 2.39. The van der Waals surface area contributed by atoms with Gasteiger partial charge < -0.3 is 5.32 Å². The number of fused-ring (bicyclic) bond motifs is 1. The highest BCUT2D eigenvalue weighted by atomic mass is 19.1. The Hall–Kier alpha value is -1.42. The van der Waals surface area contributed by atoms with Crippen LogP contribution in [-0.4, -0.2) is 29.1 Å². The molecule has 18 heavy (non-hydrogen) atoms. The summed E-state index contributed by atoms with van der Waals surface area (Å²) in [5.41, 5.74) is 1.12. The van der Waals surface area contributed by atoms with Crippen molar-refractivity contribution in [2.24, 2.45) is 0 Å². The van der Waals surface area contributed by atoms with Gasteiger partial charge in [-0.15, -0.1) is 0 Å². The van der Waals surface area contributed by atoms with Gasteiger partial charge in [0.15, 0.2) is 12.1 Å². The number of nitrogens with zero attached hydrogens (tertiary/aromatic N) is 1. The van der Waals surface area contributed by atoms with Crippen LogP contribution in [0.25, 0.3) is 0 Å². The number of carbonyl (C=O) groups excluding carboxylic acids is 1. The molecule has 0 amide bonds. The Labute approximate surface area is 106 Å². The molecule has 4 heteroatoms. The lowest BCUT2D eigenvalue weighted by atomic mass is 9.78. The largest absolute Gasteiger partial charge is 0.378 e. The SMILES string of the molecule is [CH2]N1CCC2(CC(=O)c3ccccc3N2)CC1F. The first-order valence-electron chi connectivity index (χ1n) is 6.21. The van der Waals surface area contributed by atoms with Gasteiger partial charge in [0.1, 0.15) is 0 Å². The minimum atomic E-state index is -1.08. The number of halogens is 1. The van der Waals surface area contributed by atoms with Crippen LogP contribution < -0.4 is 5.32 Å². The molecule has 1 spiro atoms. The first-order chi connectivity index (χ1) is 8.60. The molecule has 0 aliphatic carbocycles. The zero-order chi connectivity index (χ0) is 12.8. The first kappa shape index (κ1) is 11.7. The van der Waals surface area contributed by atoms with E-state index in [1.54, 1.807) is 0 Å². The number of anilines is 1. The van der Waals surface area contributed by atoms with Crippen LogP contribution in [0, 0.1) is 7.05 Å². The van der Waals surface area contributed by atoms with Crippen LogP contribution in [-0.2, 0) is 0 Å². The number of carbonyl (C=O) groups is 1. The molecule has 1 saturated heterocycles. The number of nitrogens with one attached hydrogen (secondary N) is 1. The highest BCUT2D eigenvalue weighted by molar-refractivity contribution is 6.04. The lowest BCUT2D eigenvalue weighted by molar-refractivity contribution is 0.0458. The average molecular weight is 247 g/mol. The molecule has 0 saturated carbocycles. The van der Waals surface area contributed by atoms with Gasteiger partial charge in [-0.25, -0.2) is 4.39 Å². The molecule has 1 N–H and O–H groups in total. The maximum absolute atomic E-state index is 13.8. The van der Waals surface area contributed by atoms with Crippen molar-refractivity contribution in [1.29, 1.82) is 0 Å². The molecule has 0 bridgehead atoms. The number of ketones is 1. The van der Waals surface area contributed by atoms with E-state index in [1.807, 2.05) is 24.3 Å². The van der Waals surface area contributed by atoms with Gasteiger partial charge in [-0.1, -0.05) is 12.1 Å². The van der Waals surface area contributed by atoms with E-state index in [9.17, 15) is 9.18 Å². The maximum atomic E-state index is 13.8. The van der Waals surface area contributed by atoms with Gasteiger partial charge in [-0.3, -0.25) is 9.69 Å². The number of hydrogen-bond acceptors (Lipinski definition) is 3. The fourth-order valence-corrected chi connectivity index (χ4v) is 2.89. The predicted octanol–water partition coefficient (Wildman–Crippen LogP) is 2.61. The van der Waals surface area contributed by atoms with Gasteiger partial charge in [-0.2, -0.15) is 0 Å². The Bertz CT molecular complexity index is 490. The van der Waals surface area contributed by atoms with E-state index in [0.717, 1.165) is 17.7 Å². The summed E-state index contributed by atoms with van der Waals surface area (Å²) in [5, 5.41) is 3.38. The standard InChI is InChI=1S/C14H16FN2O/c1-17-7-6-14(9-13(17)15)8-12(18)10-4-2-3-5-11(10)16-14/h2-5,13,16H,1,6-9H2. The van der Waals surface area contributed by atoms with E-state index < -0.39 is 11.8 Å². The molecular formula is C14H16FN2O. The molecule has 2 aliphatic rings. The van der Waals surface area contributed by atoms with Gasteiger partial charge in [0.2, 0.25) is 0 Å². The molecule has 3 nitrogen and oxygen atoms in total. The molecule has 2 aliphatic heterocycles. The van der Waals surface area contributed by atoms with Crippen molar-refractivity contribution < 1.29 is 9.18 Å².